The Kier molecular flexibility index (Phi) is 6.13. The number of hydrogen-bond donors (Lipinski definition) is 2. The highest BCUT2D eigenvalue weighted by Crippen LogP contribution is 2.19. The third-order valence-corrected chi connectivity index (χ3v) is 5.45. The first-order chi connectivity index (χ1) is 13.7. The summed E-state index contributed by atoms with van der Waals surface area (Å²) >= 11 is 5.29. The molecule has 0 unspecified atom stereocenters. The van der Waals surface area contributed by atoms with Crippen molar-refractivity contribution in [2.24, 2.45) is 7.05 Å². The molecule has 0 spiro atoms. The van der Waals surface area contributed by atoms with E-state index in [4.69, 9.17) is 12.2 Å². The lowest BCUT2D eigenvalue weighted by Gasteiger charge is -2.11. The number of aromatic nitrogens is 2. The molecule has 0 atom stereocenters. The maximum absolute atomic E-state index is 12.4. The molecule has 5 nitrogen and oxygen atoms in total. The molecule has 0 radical (unpaired) electrons. The smallest absolute Gasteiger partial charge is 0.257 e. The number of rotatable bonds is 4. The molecule has 29 heavy (non-hydrogen) atoms. The van der Waals surface area contributed by atoms with Gasteiger partial charge >= 0.3 is 0 Å². The lowest BCUT2D eigenvalue weighted by Crippen LogP contribution is -2.34. The lowest BCUT2D eigenvalue weighted by molar-refractivity contribution is 0.0977. The van der Waals surface area contributed by atoms with E-state index in [2.05, 4.69) is 34.8 Å². The summed E-state index contributed by atoms with van der Waals surface area (Å²) in [6.45, 7) is 8.12. The van der Waals surface area contributed by atoms with Crippen LogP contribution in [0.15, 0.2) is 42.5 Å². The zero-order valence-corrected chi connectivity index (χ0v) is 18.3. The predicted octanol–water partition coefficient (Wildman–Crippen LogP) is 4.37. The highest BCUT2D eigenvalue weighted by Gasteiger charge is 2.11. The molecule has 0 fully saturated rings. The van der Waals surface area contributed by atoms with Gasteiger partial charge in [-0.1, -0.05) is 18.2 Å². The Bertz CT molecular complexity index is 1070. The van der Waals surface area contributed by atoms with Gasteiger partial charge in [-0.25, -0.2) is 0 Å². The third kappa shape index (κ3) is 4.90. The second kappa shape index (κ2) is 8.57. The van der Waals surface area contributed by atoms with Gasteiger partial charge in [-0.2, -0.15) is 5.10 Å². The molecule has 1 heterocycles. The van der Waals surface area contributed by atoms with Crippen molar-refractivity contribution in [3.8, 4) is 0 Å². The van der Waals surface area contributed by atoms with Crippen molar-refractivity contribution >= 4 is 28.9 Å². The summed E-state index contributed by atoms with van der Waals surface area (Å²) in [6, 6.07) is 13.6. The molecule has 0 saturated carbocycles. The SMILES string of the molecule is Cc1ccc(C(=O)NC(=S)Nc2ccc(Cc3c(C)nn(C)c3C)cc2)cc1C. The molecular weight excluding hydrogens is 380 g/mol. The third-order valence-electron chi connectivity index (χ3n) is 5.25. The molecule has 0 bridgehead atoms. The minimum Gasteiger partial charge on any atom is -0.332 e. The number of aryl methyl sites for hydroxylation is 4. The van der Waals surface area contributed by atoms with Crippen LogP contribution >= 0.6 is 12.2 Å². The van der Waals surface area contributed by atoms with Crippen LogP contribution in [0.4, 0.5) is 5.69 Å². The summed E-state index contributed by atoms with van der Waals surface area (Å²) in [5, 5.41) is 10.6. The van der Waals surface area contributed by atoms with Crippen molar-refractivity contribution in [1.82, 2.24) is 15.1 Å². The Hall–Kier alpha value is -2.99. The van der Waals surface area contributed by atoms with E-state index in [1.54, 1.807) is 6.07 Å². The molecule has 150 valence electrons. The zero-order valence-electron chi connectivity index (χ0n) is 17.5. The first kappa shape index (κ1) is 20.7. The summed E-state index contributed by atoms with van der Waals surface area (Å²) in [5.74, 6) is -0.218. The molecule has 0 aliphatic rings. The Morgan fingerprint density at radius 2 is 1.72 bits per heavy atom. The summed E-state index contributed by atoms with van der Waals surface area (Å²) < 4.78 is 1.91. The van der Waals surface area contributed by atoms with Gasteiger partial charge in [-0.3, -0.25) is 14.8 Å². The fourth-order valence-electron chi connectivity index (χ4n) is 3.20. The van der Waals surface area contributed by atoms with Crippen LogP contribution in [0.25, 0.3) is 0 Å². The van der Waals surface area contributed by atoms with Crippen LogP contribution in [0.1, 0.15) is 44.0 Å². The maximum Gasteiger partial charge on any atom is 0.257 e. The number of thiocarbonyl (C=S) groups is 1. The highest BCUT2D eigenvalue weighted by atomic mass is 32.1. The Balaban J connectivity index is 1.61. The lowest BCUT2D eigenvalue weighted by atomic mass is 10.0. The normalized spacial score (nSPS) is 10.7. The number of nitrogens with one attached hydrogen (secondary N) is 2. The standard InChI is InChI=1S/C23H26N4OS/c1-14-6-9-19(12-15(14)2)22(28)25-23(29)24-20-10-7-18(8-11-20)13-21-16(3)26-27(5)17(21)4/h6-12H,13H2,1-5H3,(H2,24,25,28,29). The van der Waals surface area contributed by atoms with Crippen LogP contribution in [-0.4, -0.2) is 20.8 Å². The van der Waals surface area contributed by atoms with E-state index in [1.165, 1.54) is 16.8 Å². The van der Waals surface area contributed by atoms with Gasteiger partial charge in [0.1, 0.15) is 0 Å². The van der Waals surface area contributed by atoms with E-state index in [9.17, 15) is 4.79 Å². The average Bonchev–Trinajstić information content (AvgIpc) is 2.91. The van der Waals surface area contributed by atoms with E-state index >= 15 is 0 Å². The summed E-state index contributed by atoms with van der Waals surface area (Å²) in [4.78, 5) is 12.4. The van der Waals surface area contributed by atoms with Gasteiger partial charge in [0.25, 0.3) is 5.91 Å². The first-order valence-corrected chi connectivity index (χ1v) is 9.93. The van der Waals surface area contributed by atoms with Gasteiger partial charge in [0.05, 0.1) is 5.69 Å². The van der Waals surface area contributed by atoms with E-state index in [-0.39, 0.29) is 11.0 Å². The largest absolute Gasteiger partial charge is 0.332 e. The number of nitrogens with zero attached hydrogens (tertiary/aromatic N) is 2. The Morgan fingerprint density at radius 3 is 2.31 bits per heavy atom. The Labute approximate surface area is 177 Å². The van der Waals surface area contributed by atoms with Crippen LogP contribution in [0.2, 0.25) is 0 Å². The minimum absolute atomic E-state index is 0.218. The second-order valence-corrected chi connectivity index (χ2v) is 7.76. The van der Waals surface area contributed by atoms with Crippen molar-refractivity contribution in [3.63, 3.8) is 0 Å². The molecule has 0 aliphatic carbocycles. The van der Waals surface area contributed by atoms with Crippen molar-refractivity contribution in [2.45, 2.75) is 34.1 Å². The summed E-state index contributed by atoms with van der Waals surface area (Å²) in [6.07, 6.45) is 0.833. The fourth-order valence-corrected chi connectivity index (χ4v) is 3.41. The number of anilines is 1. The van der Waals surface area contributed by atoms with Crippen molar-refractivity contribution in [1.29, 1.82) is 0 Å². The minimum atomic E-state index is -0.218. The van der Waals surface area contributed by atoms with Gasteiger partial charge in [0.15, 0.2) is 5.11 Å². The van der Waals surface area contributed by atoms with Crippen molar-refractivity contribution < 1.29 is 4.79 Å². The topological polar surface area (TPSA) is 59.0 Å². The van der Waals surface area contributed by atoms with E-state index in [0.29, 0.717) is 5.56 Å². The van der Waals surface area contributed by atoms with Gasteiger partial charge in [-0.15, -0.1) is 0 Å². The number of hydrogen-bond acceptors (Lipinski definition) is 3. The first-order valence-electron chi connectivity index (χ1n) is 9.52. The van der Waals surface area contributed by atoms with E-state index < -0.39 is 0 Å². The average molecular weight is 407 g/mol. The molecule has 2 N–H and O–H groups in total. The monoisotopic (exact) mass is 406 g/mol. The molecular formula is C23H26N4OS. The molecule has 1 amide bonds. The quantitative estimate of drug-likeness (QED) is 0.632. The van der Waals surface area contributed by atoms with Crippen molar-refractivity contribution in [3.05, 3.63) is 81.7 Å². The molecule has 2 aromatic carbocycles. The molecule has 3 aromatic rings. The van der Waals surface area contributed by atoms with Crippen molar-refractivity contribution in [2.75, 3.05) is 5.32 Å². The van der Waals surface area contributed by atoms with Gasteiger partial charge in [-0.05, 0) is 80.9 Å². The van der Waals surface area contributed by atoms with Crippen LogP contribution in [0, 0.1) is 27.7 Å². The van der Waals surface area contributed by atoms with Gasteiger partial charge in [0, 0.05) is 36.0 Å². The number of amides is 1. The van der Waals surface area contributed by atoms with E-state index in [1.807, 2.05) is 56.8 Å². The van der Waals surface area contributed by atoms with Crippen LogP contribution in [-0.2, 0) is 13.5 Å². The van der Waals surface area contributed by atoms with Crippen LogP contribution in [0.5, 0.6) is 0 Å². The van der Waals surface area contributed by atoms with Gasteiger partial charge in [0.2, 0.25) is 0 Å². The molecule has 0 saturated heterocycles. The molecule has 1 aromatic heterocycles. The summed E-state index contributed by atoms with van der Waals surface area (Å²) in [7, 11) is 1.96. The molecule has 6 heteroatoms. The van der Waals surface area contributed by atoms with Crippen LogP contribution < -0.4 is 10.6 Å². The second-order valence-electron chi connectivity index (χ2n) is 7.35. The fraction of sp³-hybridized carbons (Fsp3) is 0.261. The summed E-state index contributed by atoms with van der Waals surface area (Å²) in [5.41, 5.74) is 8.34. The maximum atomic E-state index is 12.4. The predicted molar refractivity (Wildman–Crippen MR) is 122 cm³/mol. The molecule has 0 aliphatic heterocycles. The van der Waals surface area contributed by atoms with Crippen LogP contribution in [0.3, 0.4) is 0 Å². The highest BCUT2D eigenvalue weighted by molar-refractivity contribution is 7.80. The number of benzene rings is 2. The van der Waals surface area contributed by atoms with E-state index in [0.717, 1.165) is 28.9 Å². The number of carbonyl (C=O) groups excluding carboxylic acids is 1. The van der Waals surface area contributed by atoms with Gasteiger partial charge < -0.3 is 5.32 Å². The molecule has 3 rings (SSSR count). The number of carbonyl (C=O) groups is 1. The Morgan fingerprint density at radius 1 is 1.03 bits per heavy atom. The zero-order chi connectivity index (χ0) is 21.1.